The van der Waals surface area contributed by atoms with Crippen LogP contribution in [0.5, 0.6) is 0 Å². The third-order valence-electron chi connectivity index (χ3n) is 2.79. The summed E-state index contributed by atoms with van der Waals surface area (Å²) < 4.78 is 3.35. The number of amides is 1. The van der Waals surface area contributed by atoms with Crippen molar-refractivity contribution in [3.8, 4) is 0 Å². The molecule has 2 aromatic heterocycles. The van der Waals surface area contributed by atoms with Gasteiger partial charge in [0.1, 0.15) is 23.0 Å². The van der Waals surface area contributed by atoms with Gasteiger partial charge in [0.25, 0.3) is 5.91 Å². The minimum atomic E-state index is -0.224. The van der Waals surface area contributed by atoms with Crippen LogP contribution in [0.1, 0.15) is 16.3 Å². The van der Waals surface area contributed by atoms with Crippen molar-refractivity contribution in [2.75, 3.05) is 6.54 Å². The fourth-order valence-corrected chi connectivity index (χ4v) is 2.05. The van der Waals surface area contributed by atoms with Crippen LogP contribution < -0.4 is 5.32 Å². The van der Waals surface area contributed by atoms with E-state index in [-0.39, 0.29) is 5.91 Å². The molecule has 2 rings (SSSR count). The van der Waals surface area contributed by atoms with Gasteiger partial charge < -0.3 is 14.5 Å². The fraction of sp³-hybridized carbons (Fsp3) is 0.364. The van der Waals surface area contributed by atoms with Crippen molar-refractivity contribution in [2.45, 2.75) is 6.42 Å². The summed E-state index contributed by atoms with van der Waals surface area (Å²) in [5, 5.41) is 11.2. The van der Waals surface area contributed by atoms with Crippen molar-refractivity contribution in [1.29, 1.82) is 0 Å². The normalized spacial score (nSPS) is 10.7. The number of hydrogen-bond acceptors (Lipinski definition) is 3. The fourth-order valence-electron chi connectivity index (χ4n) is 1.67. The molecule has 6 nitrogen and oxygen atoms in total. The maximum Gasteiger partial charge on any atom is 0.268 e. The van der Waals surface area contributed by atoms with Crippen LogP contribution in [0.2, 0.25) is 10.2 Å². The SMILES string of the molecule is Cn1cnnc1CCNC(=O)c1cc(Cl)c(Cl)n1C. The van der Waals surface area contributed by atoms with Gasteiger partial charge in [0.2, 0.25) is 0 Å². The summed E-state index contributed by atoms with van der Waals surface area (Å²) in [6, 6.07) is 1.54. The van der Waals surface area contributed by atoms with E-state index < -0.39 is 0 Å². The third-order valence-corrected chi connectivity index (χ3v) is 3.63. The highest BCUT2D eigenvalue weighted by atomic mass is 35.5. The van der Waals surface area contributed by atoms with Crippen molar-refractivity contribution in [3.05, 3.63) is 34.1 Å². The Morgan fingerprint density at radius 2 is 2.16 bits per heavy atom. The molecular formula is C11H13Cl2N5O. The van der Waals surface area contributed by atoms with Crippen molar-refractivity contribution in [2.24, 2.45) is 14.1 Å². The van der Waals surface area contributed by atoms with E-state index in [2.05, 4.69) is 15.5 Å². The first-order chi connectivity index (χ1) is 9.00. The topological polar surface area (TPSA) is 64.7 Å². The number of hydrogen-bond donors (Lipinski definition) is 1. The zero-order valence-corrected chi connectivity index (χ0v) is 12.0. The van der Waals surface area contributed by atoms with Crippen LogP contribution in [0.3, 0.4) is 0 Å². The Morgan fingerprint density at radius 3 is 2.68 bits per heavy atom. The highest BCUT2D eigenvalue weighted by Gasteiger charge is 2.15. The van der Waals surface area contributed by atoms with Gasteiger partial charge in [-0.25, -0.2) is 0 Å². The predicted octanol–water partition coefficient (Wildman–Crippen LogP) is 1.43. The smallest absolute Gasteiger partial charge is 0.268 e. The lowest BCUT2D eigenvalue weighted by Crippen LogP contribution is -2.28. The van der Waals surface area contributed by atoms with Gasteiger partial charge in [0, 0.05) is 27.1 Å². The molecule has 1 amide bonds. The van der Waals surface area contributed by atoms with Gasteiger partial charge >= 0.3 is 0 Å². The van der Waals surface area contributed by atoms with Gasteiger partial charge in [-0.05, 0) is 6.07 Å². The summed E-state index contributed by atoms with van der Waals surface area (Å²) in [5.74, 6) is 0.585. The summed E-state index contributed by atoms with van der Waals surface area (Å²) in [4.78, 5) is 12.0. The summed E-state index contributed by atoms with van der Waals surface area (Å²) >= 11 is 11.8. The van der Waals surface area contributed by atoms with Gasteiger partial charge in [0.15, 0.2) is 0 Å². The number of aromatic nitrogens is 4. The van der Waals surface area contributed by atoms with Crippen LogP contribution >= 0.6 is 23.2 Å². The summed E-state index contributed by atoms with van der Waals surface area (Å²) in [5.41, 5.74) is 0.424. The van der Waals surface area contributed by atoms with E-state index in [0.29, 0.717) is 28.8 Å². The Labute approximate surface area is 120 Å². The van der Waals surface area contributed by atoms with E-state index in [0.717, 1.165) is 5.82 Å². The molecular weight excluding hydrogens is 289 g/mol. The Morgan fingerprint density at radius 1 is 1.42 bits per heavy atom. The minimum Gasteiger partial charge on any atom is -0.350 e. The van der Waals surface area contributed by atoms with Crippen LogP contribution in [0, 0.1) is 0 Å². The zero-order valence-electron chi connectivity index (χ0n) is 10.5. The largest absolute Gasteiger partial charge is 0.350 e. The highest BCUT2D eigenvalue weighted by molar-refractivity contribution is 6.41. The lowest BCUT2D eigenvalue weighted by Gasteiger charge is -2.06. The van der Waals surface area contributed by atoms with Gasteiger partial charge in [-0.15, -0.1) is 10.2 Å². The second-order valence-corrected chi connectivity index (χ2v) is 4.86. The third kappa shape index (κ3) is 2.90. The Kier molecular flexibility index (Phi) is 4.11. The van der Waals surface area contributed by atoms with E-state index >= 15 is 0 Å². The molecule has 1 N–H and O–H groups in total. The minimum absolute atomic E-state index is 0.224. The van der Waals surface area contributed by atoms with Gasteiger partial charge in [-0.1, -0.05) is 23.2 Å². The molecule has 0 aliphatic heterocycles. The van der Waals surface area contributed by atoms with E-state index in [1.165, 1.54) is 0 Å². The highest BCUT2D eigenvalue weighted by Crippen LogP contribution is 2.24. The lowest BCUT2D eigenvalue weighted by molar-refractivity contribution is 0.0946. The molecule has 0 atom stereocenters. The number of nitrogens with one attached hydrogen (secondary N) is 1. The first-order valence-corrected chi connectivity index (χ1v) is 6.38. The predicted molar refractivity (Wildman–Crippen MR) is 72.5 cm³/mol. The molecule has 19 heavy (non-hydrogen) atoms. The number of halogens is 2. The number of carbonyl (C=O) groups excluding carboxylic acids is 1. The molecule has 0 aliphatic carbocycles. The summed E-state index contributed by atoms with van der Waals surface area (Å²) in [6.45, 7) is 0.464. The molecule has 0 saturated heterocycles. The van der Waals surface area contributed by atoms with E-state index in [9.17, 15) is 4.79 Å². The molecule has 0 aliphatic rings. The van der Waals surface area contributed by atoms with Gasteiger partial charge in [-0.2, -0.15) is 0 Å². The van der Waals surface area contributed by atoms with Crippen molar-refractivity contribution >= 4 is 29.1 Å². The second kappa shape index (κ2) is 5.63. The standard InChI is InChI=1S/C11H13Cl2N5O/c1-17-6-15-16-9(17)3-4-14-11(19)8-5-7(12)10(13)18(8)2/h5-6H,3-4H2,1-2H3,(H,14,19). The van der Waals surface area contributed by atoms with Crippen LogP contribution in [0.25, 0.3) is 0 Å². The number of nitrogens with zero attached hydrogens (tertiary/aromatic N) is 4. The molecule has 2 aromatic rings. The summed E-state index contributed by atoms with van der Waals surface area (Å²) in [6.07, 6.45) is 2.22. The molecule has 0 fully saturated rings. The first kappa shape index (κ1) is 13.9. The van der Waals surface area contributed by atoms with Gasteiger partial charge in [-0.3, -0.25) is 4.79 Å². The second-order valence-electron chi connectivity index (χ2n) is 4.09. The Balaban J connectivity index is 1.95. The molecule has 0 radical (unpaired) electrons. The number of rotatable bonds is 4. The zero-order chi connectivity index (χ0) is 14.0. The molecule has 0 saturated carbocycles. The Hall–Kier alpha value is -1.53. The van der Waals surface area contributed by atoms with Crippen LogP contribution in [0.15, 0.2) is 12.4 Å². The van der Waals surface area contributed by atoms with E-state index in [1.807, 2.05) is 11.6 Å². The molecule has 0 unspecified atom stereocenters. The van der Waals surface area contributed by atoms with Crippen molar-refractivity contribution in [1.82, 2.24) is 24.6 Å². The molecule has 102 valence electrons. The van der Waals surface area contributed by atoms with E-state index in [4.69, 9.17) is 23.2 Å². The Bertz CT molecular complexity index is 604. The summed E-state index contributed by atoms with van der Waals surface area (Å²) in [7, 11) is 3.54. The van der Waals surface area contributed by atoms with Crippen molar-refractivity contribution < 1.29 is 4.79 Å². The maximum absolute atomic E-state index is 12.0. The number of carbonyl (C=O) groups is 1. The van der Waals surface area contributed by atoms with Crippen molar-refractivity contribution in [3.63, 3.8) is 0 Å². The molecule has 2 heterocycles. The average Bonchev–Trinajstić information content (AvgIpc) is 2.89. The monoisotopic (exact) mass is 301 g/mol. The van der Waals surface area contributed by atoms with Crippen LogP contribution in [0.4, 0.5) is 0 Å². The quantitative estimate of drug-likeness (QED) is 0.929. The van der Waals surface area contributed by atoms with Gasteiger partial charge in [0.05, 0.1) is 5.02 Å². The average molecular weight is 302 g/mol. The first-order valence-electron chi connectivity index (χ1n) is 5.62. The molecule has 0 spiro atoms. The lowest BCUT2D eigenvalue weighted by atomic mass is 10.3. The van der Waals surface area contributed by atoms with E-state index in [1.54, 1.807) is 24.0 Å². The maximum atomic E-state index is 12.0. The molecule has 8 heteroatoms. The van der Waals surface area contributed by atoms with Crippen LogP contribution in [-0.2, 0) is 20.5 Å². The number of aryl methyl sites for hydroxylation is 1. The van der Waals surface area contributed by atoms with Crippen LogP contribution in [-0.4, -0.2) is 31.8 Å². The molecule has 0 bridgehead atoms. The molecule has 0 aromatic carbocycles.